The van der Waals surface area contributed by atoms with Crippen molar-refractivity contribution in [3.8, 4) is 5.75 Å². The van der Waals surface area contributed by atoms with Crippen LogP contribution in [-0.4, -0.2) is 31.2 Å². The predicted molar refractivity (Wildman–Crippen MR) is 110 cm³/mol. The molecule has 0 bridgehead atoms. The molecule has 3 aromatic rings. The third-order valence-corrected chi connectivity index (χ3v) is 4.83. The van der Waals surface area contributed by atoms with Crippen LogP contribution in [0.3, 0.4) is 0 Å². The lowest BCUT2D eigenvalue weighted by Gasteiger charge is -2.25. The molecular formula is C21H21F3N4O4. The average molecular weight is 450 g/mol. The molecule has 3 rings (SSSR count). The van der Waals surface area contributed by atoms with Crippen molar-refractivity contribution in [3.05, 3.63) is 68.6 Å². The van der Waals surface area contributed by atoms with Crippen LogP contribution < -0.4 is 16.6 Å². The Kier molecular flexibility index (Phi) is 6.11. The van der Waals surface area contributed by atoms with E-state index < -0.39 is 58.7 Å². The summed E-state index contributed by atoms with van der Waals surface area (Å²) in [5.74, 6) is -3.31. The number of nitrogens with zero attached hydrogens (tertiary/aromatic N) is 2. The number of carbonyl (C=O) groups excluding carboxylic acids is 1. The van der Waals surface area contributed by atoms with Gasteiger partial charge in [0, 0.05) is 12.5 Å². The van der Waals surface area contributed by atoms with Crippen LogP contribution in [0.15, 0.2) is 40.1 Å². The molecule has 0 aliphatic rings. The van der Waals surface area contributed by atoms with E-state index in [1.54, 1.807) is 0 Å². The van der Waals surface area contributed by atoms with E-state index in [1.807, 2.05) is 0 Å². The fourth-order valence-electron chi connectivity index (χ4n) is 3.42. The Balaban J connectivity index is 2.08. The number of nitrogens with one attached hydrogen (secondary N) is 2. The number of pyridine rings is 1. The number of carbonyl (C=O) groups is 1. The van der Waals surface area contributed by atoms with Gasteiger partial charge >= 0.3 is 5.69 Å². The fraction of sp³-hybridized carbons (Fsp3) is 0.333. The van der Waals surface area contributed by atoms with Crippen LogP contribution in [0.25, 0.3) is 10.9 Å². The van der Waals surface area contributed by atoms with Crippen LogP contribution in [0.1, 0.15) is 45.0 Å². The number of aromatic nitrogens is 3. The number of rotatable bonds is 6. The first kappa shape index (κ1) is 23.0. The predicted octanol–water partition coefficient (Wildman–Crippen LogP) is 2.63. The minimum Gasteiger partial charge on any atom is -0.507 e. The molecule has 0 aliphatic heterocycles. The highest BCUT2D eigenvalue weighted by Crippen LogP contribution is 2.25. The number of halogens is 3. The first-order valence-corrected chi connectivity index (χ1v) is 9.66. The average Bonchev–Trinajstić information content (AvgIpc) is 2.65. The molecule has 0 saturated carbocycles. The number of benzene rings is 1. The summed E-state index contributed by atoms with van der Waals surface area (Å²) in [6, 6.07) is 1.90. The minimum atomic E-state index is -1.98. The Morgan fingerprint density at radius 2 is 2.00 bits per heavy atom. The van der Waals surface area contributed by atoms with E-state index in [9.17, 15) is 32.7 Å². The highest BCUT2D eigenvalue weighted by molar-refractivity contribution is 5.85. The summed E-state index contributed by atoms with van der Waals surface area (Å²) in [6.07, 6.45) is 0.192. The van der Waals surface area contributed by atoms with E-state index >= 15 is 0 Å². The van der Waals surface area contributed by atoms with Gasteiger partial charge in [0.05, 0.1) is 23.4 Å². The van der Waals surface area contributed by atoms with Crippen LogP contribution in [0.5, 0.6) is 5.75 Å². The summed E-state index contributed by atoms with van der Waals surface area (Å²) >= 11 is 0. The smallest absolute Gasteiger partial charge is 0.329 e. The molecular weight excluding hydrogens is 429 g/mol. The number of amides is 1. The van der Waals surface area contributed by atoms with E-state index in [0.717, 1.165) is 20.0 Å². The van der Waals surface area contributed by atoms with Gasteiger partial charge in [-0.3, -0.25) is 14.6 Å². The third-order valence-electron chi connectivity index (χ3n) is 4.83. The molecule has 0 aliphatic carbocycles. The first-order chi connectivity index (χ1) is 14.9. The molecule has 2 aromatic heterocycles. The zero-order chi connectivity index (χ0) is 23.8. The van der Waals surface area contributed by atoms with Gasteiger partial charge in [-0.25, -0.2) is 22.5 Å². The van der Waals surface area contributed by atoms with E-state index in [4.69, 9.17) is 0 Å². The quantitative estimate of drug-likeness (QED) is 0.534. The number of hydrogen-bond donors (Lipinski definition) is 3. The molecule has 3 N–H and O–H groups in total. The summed E-state index contributed by atoms with van der Waals surface area (Å²) in [6.45, 7) is 3.68. The Morgan fingerprint density at radius 3 is 2.62 bits per heavy atom. The second-order valence-corrected chi connectivity index (χ2v) is 7.99. The molecule has 8 nitrogen and oxygen atoms in total. The highest BCUT2D eigenvalue weighted by Gasteiger charge is 2.33. The standard InChI is InChI=1S/C21H21F3N4O4/c1-10(17-12(23)7-11(22)9-25-17)26-18(30)14(8-21(2,3)24)28-19(31)16-13(27-20(28)32)5-4-6-15(16)29/h4-7,9-10,14,29H,8H2,1-3H3,(H,26,30)(H,27,32)/t10-,14+/m0/s1. The van der Waals surface area contributed by atoms with Gasteiger partial charge in [-0.1, -0.05) is 6.07 Å². The van der Waals surface area contributed by atoms with Crippen molar-refractivity contribution in [2.45, 2.75) is 44.9 Å². The van der Waals surface area contributed by atoms with Gasteiger partial charge < -0.3 is 15.4 Å². The number of H-pyrrole nitrogens is 1. The lowest BCUT2D eigenvalue weighted by atomic mass is 9.99. The van der Waals surface area contributed by atoms with E-state index in [0.29, 0.717) is 10.6 Å². The molecule has 1 aromatic carbocycles. The third kappa shape index (κ3) is 4.66. The maximum atomic E-state index is 14.5. The molecule has 11 heteroatoms. The Morgan fingerprint density at radius 1 is 1.31 bits per heavy atom. The van der Waals surface area contributed by atoms with Crippen molar-refractivity contribution >= 4 is 16.8 Å². The Labute approximate surface area is 179 Å². The van der Waals surface area contributed by atoms with E-state index in [2.05, 4.69) is 15.3 Å². The second kappa shape index (κ2) is 8.48. The lowest BCUT2D eigenvalue weighted by molar-refractivity contribution is -0.126. The van der Waals surface area contributed by atoms with Crippen molar-refractivity contribution in [2.24, 2.45) is 0 Å². The van der Waals surface area contributed by atoms with Crippen LogP contribution in [0.4, 0.5) is 13.2 Å². The maximum Gasteiger partial charge on any atom is 0.329 e. The largest absolute Gasteiger partial charge is 0.507 e. The maximum absolute atomic E-state index is 14.5. The normalized spacial score (nSPS) is 13.7. The van der Waals surface area contributed by atoms with Crippen LogP contribution >= 0.6 is 0 Å². The highest BCUT2D eigenvalue weighted by atomic mass is 19.1. The number of fused-ring (bicyclic) bond motifs is 1. The molecule has 32 heavy (non-hydrogen) atoms. The van der Waals surface area contributed by atoms with Crippen molar-refractivity contribution in [1.82, 2.24) is 19.9 Å². The van der Waals surface area contributed by atoms with Crippen molar-refractivity contribution in [2.75, 3.05) is 0 Å². The van der Waals surface area contributed by atoms with Crippen LogP contribution in [-0.2, 0) is 4.79 Å². The van der Waals surface area contributed by atoms with Gasteiger partial charge in [-0.2, -0.15) is 0 Å². The number of aromatic hydroxyl groups is 1. The van der Waals surface area contributed by atoms with Gasteiger partial charge in [0.1, 0.15) is 34.5 Å². The Bertz CT molecular complexity index is 1300. The topological polar surface area (TPSA) is 117 Å². The van der Waals surface area contributed by atoms with E-state index in [1.165, 1.54) is 25.1 Å². The van der Waals surface area contributed by atoms with Gasteiger partial charge in [0.25, 0.3) is 5.56 Å². The molecule has 0 spiro atoms. The number of alkyl halides is 1. The van der Waals surface area contributed by atoms with Crippen molar-refractivity contribution in [3.63, 3.8) is 0 Å². The monoisotopic (exact) mass is 450 g/mol. The van der Waals surface area contributed by atoms with Gasteiger partial charge in [-0.15, -0.1) is 0 Å². The first-order valence-electron chi connectivity index (χ1n) is 9.66. The van der Waals surface area contributed by atoms with E-state index in [-0.39, 0.29) is 16.6 Å². The molecule has 0 radical (unpaired) electrons. The molecule has 0 saturated heterocycles. The minimum absolute atomic E-state index is 0.0425. The molecule has 170 valence electrons. The summed E-state index contributed by atoms with van der Waals surface area (Å²) in [7, 11) is 0. The molecule has 2 heterocycles. The number of hydrogen-bond acceptors (Lipinski definition) is 5. The Hall–Kier alpha value is -3.63. The van der Waals surface area contributed by atoms with Crippen LogP contribution in [0.2, 0.25) is 0 Å². The van der Waals surface area contributed by atoms with Crippen LogP contribution in [0, 0.1) is 11.6 Å². The van der Waals surface area contributed by atoms with Gasteiger partial charge in [-0.05, 0) is 32.9 Å². The lowest BCUT2D eigenvalue weighted by Crippen LogP contribution is -2.46. The molecule has 2 atom stereocenters. The number of aromatic amines is 1. The summed E-state index contributed by atoms with van der Waals surface area (Å²) in [4.78, 5) is 44.7. The fourth-order valence-corrected chi connectivity index (χ4v) is 3.42. The SMILES string of the molecule is C[C@H](NC(=O)[C@@H](CC(C)(C)F)n1c(=O)[nH]c2cccc(O)c2c1=O)c1ncc(F)cc1F. The summed E-state index contributed by atoms with van der Waals surface area (Å²) < 4.78 is 42.2. The zero-order valence-electron chi connectivity index (χ0n) is 17.4. The number of phenolic OH excluding ortho intramolecular Hbond substituents is 1. The number of phenols is 1. The summed E-state index contributed by atoms with van der Waals surface area (Å²) in [5, 5.41) is 12.2. The molecule has 1 amide bonds. The van der Waals surface area contributed by atoms with Gasteiger partial charge in [0.15, 0.2) is 0 Å². The van der Waals surface area contributed by atoms with Gasteiger partial charge in [0.2, 0.25) is 5.91 Å². The summed E-state index contributed by atoms with van der Waals surface area (Å²) in [5.41, 5.74) is -4.21. The van der Waals surface area contributed by atoms with Crippen molar-refractivity contribution < 1.29 is 23.1 Å². The molecule has 0 unspecified atom stereocenters. The second-order valence-electron chi connectivity index (χ2n) is 7.99. The zero-order valence-corrected chi connectivity index (χ0v) is 17.4. The van der Waals surface area contributed by atoms with Crippen molar-refractivity contribution in [1.29, 1.82) is 0 Å². The molecule has 0 fully saturated rings.